The molecule has 2 aromatic rings. The molecule has 150 valence electrons. The van der Waals surface area contributed by atoms with E-state index >= 15 is 0 Å². The first-order chi connectivity index (χ1) is 13.5. The highest BCUT2D eigenvalue weighted by Gasteiger charge is 2.21. The summed E-state index contributed by atoms with van der Waals surface area (Å²) < 4.78 is 0. The van der Waals surface area contributed by atoms with Crippen molar-refractivity contribution in [1.29, 1.82) is 0 Å². The molecule has 1 aromatic carbocycles. The second-order valence-corrected chi connectivity index (χ2v) is 8.04. The number of thiazole rings is 1. The molecule has 1 fully saturated rings. The standard InChI is InChI=1S/C20H26N4O3S/c1-15-14-28-19(22-15)7-3-4-10-21-20(25)17-13-16(24(26)27)8-9-18(17)23-11-5-2-6-12-23/h8-9,13-14H,2-7,10-12H2,1H3,(H,21,25). The molecule has 1 amide bonds. The van der Waals surface area contributed by atoms with Crippen LogP contribution in [0.25, 0.3) is 0 Å². The van der Waals surface area contributed by atoms with E-state index in [1.54, 1.807) is 17.4 Å². The van der Waals surface area contributed by atoms with Crippen LogP contribution in [0.15, 0.2) is 23.6 Å². The van der Waals surface area contributed by atoms with Gasteiger partial charge >= 0.3 is 0 Å². The topological polar surface area (TPSA) is 88.4 Å². The number of aromatic nitrogens is 1. The molecule has 3 rings (SSSR count). The van der Waals surface area contributed by atoms with Crippen LogP contribution in [0.4, 0.5) is 11.4 Å². The molecule has 0 unspecified atom stereocenters. The van der Waals surface area contributed by atoms with Gasteiger partial charge in [0.15, 0.2) is 0 Å². The number of aryl methyl sites for hydroxylation is 2. The normalized spacial score (nSPS) is 14.1. The van der Waals surface area contributed by atoms with Gasteiger partial charge in [-0.05, 0) is 51.5 Å². The molecule has 7 nitrogen and oxygen atoms in total. The first-order valence-corrected chi connectivity index (χ1v) is 10.6. The van der Waals surface area contributed by atoms with Crippen LogP contribution in [-0.2, 0) is 6.42 Å². The van der Waals surface area contributed by atoms with Crippen LogP contribution in [-0.4, -0.2) is 35.4 Å². The predicted octanol–water partition coefficient (Wildman–Crippen LogP) is 4.10. The number of carbonyl (C=O) groups excluding carboxylic acids is 1. The third-order valence-corrected chi connectivity index (χ3v) is 5.93. The van der Waals surface area contributed by atoms with Gasteiger partial charge in [-0.25, -0.2) is 4.98 Å². The quantitative estimate of drug-likeness (QED) is 0.408. The highest BCUT2D eigenvalue weighted by molar-refractivity contribution is 7.09. The van der Waals surface area contributed by atoms with Gasteiger partial charge in [-0.2, -0.15) is 0 Å². The van der Waals surface area contributed by atoms with Crippen LogP contribution in [0.5, 0.6) is 0 Å². The highest BCUT2D eigenvalue weighted by Crippen LogP contribution is 2.28. The summed E-state index contributed by atoms with van der Waals surface area (Å²) in [7, 11) is 0. The fraction of sp³-hybridized carbons (Fsp3) is 0.500. The Balaban J connectivity index is 1.60. The van der Waals surface area contributed by atoms with Gasteiger partial charge in [-0.1, -0.05) is 0 Å². The van der Waals surface area contributed by atoms with Crippen molar-refractivity contribution in [3.8, 4) is 0 Å². The Morgan fingerprint density at radius 2 is 2.07 bits per heavy atom. The van der Waals surface area contributed by atoms with E-state index in [0.29, 0.717) is 12.1 Å². The lowest BCUT2D eigenvalue weighted by Gasteiger charge is -2.30. The van der Waals surface area contributed by atoms with Crippen molar-refractivity contribution >= 4 is 28.6 Å². The molecule has 1 aliphatic heterocycles. The monoisotopic (exact) mass is 402 g/mol. The van der Waals surface area contributed by atoms with Gasteiger partial charge in [0.25, 0.3) is 11.6 Å². The zero-order chi connectivity index (χ0) is 19.9. The zero-order valence-electron chi connectivity index (χ0n) is 16.1. The summed E-state index contributed by atoms with van der Waals surface area (Å²) in [6, 6.07) is 4.59. The largest absolute Gasteiger partial charge is 0.371 e. The third-order valence-electron chi connectivity index (χ3n) is 4.90. The molecular formula is C20H26N4O3S. The maximum Gasteiger partial charge on any atom is 0.270 e. The molecule has 1 N–H and O–H groups in total. The highest BCUT2D eigenvalue weighted by atomic mass is 32.1. The van der Waals surface area contributed by atoms with E-state index in [4.69, 9.17) is 0 Å². The zero-order valence-corrected chi connectivity index (χ0v) is 17.0. The van der Waals surface area contributed by atoms with Gasteiger partial charge in [-0.3, -0.25) is 14.9 Å². The molecule has 0 atom stereocenters. The first kappa shape index (κ1) is 20.3. The molecule has 1 aromatic heterocycles. The summed E-state index contributed by atoms with van der Waals surface area (Å²) in [5, 5.41) is 17.2. The molecule has 2 heterocycles. The van der Waals surface area contributed by atoms with Gasteiger partial charge in [0.05, 0.1) is 21.2 Å². The van der Waals surface area contributed by atoms with Crippen LogP contribution in [0.2, 0.25) is 0 Å². The number of non-ortho nitro benzene ring substituents is 1. The van der Waals surface area contributed by atoms with E-state index < -0.39 is 4.92 Å². The lowest BCUT2D eigenvalue weighted by molar-refractivity contribution is -0.384. The van der Waals surface area contributed by atoms with E-state index in [0.717, 1.165) is 61.6 Å². The van der Waals surface area contributed by atoms with Gasteiger partial charge in [0.2, 0.25) is 0 Å². The van der Waals surface area contributed by atoms with Crippen LogP contribution in [0.3, 0.4) is 0 Å². The number of hydrogen-bond acceptors (Lipinski definition) is 6. The number of unbranched alkanes of at least 4 members (excludes halogenated alkanes) is 1. The maximum atomic E-state index is 12.7. The SMILES string of the molecule is Cc1csc(CCCCNC(=O)c2cc([N+](=O)[O-])ccc2N2CCCCC2)n1. The van der Waals surface area contributed by atoms with Crippen molar-refractivity contribution < 1.29 is 9.72 Å². The predicted molar refractivity (Wildman–Crippen MR) is 111 cm³/mol. The van der Waals surface area contributed by atoms with Gasteiger partial charge in [-0.15, -0.1) is 11.3 Å². The summed E-state index contributed by atoms with van der Waals surface area (Å²) in [5.41, 5.74) is 2.18. The second kappa shape index (κ2) is 9.64. The summed E-state index contributed by atoms with van der Waals surface area (Å²) in [5.74, 6) is -0.241. The van der Waals surface area contributed by atoms with Crippen molar-refractivity contribution in [2.45, 2.75) is 45.4 Å². The number of anilines is 1. The average Bonchev–Trinajstić information content (AvgIpc) is 3.12. The molecule has 8 heteroatoms. The smallest absolute Gasteiger partial charge is 0.270 e. The molecule has 0 saturated carbocycles. The Hall–Kier alpha value is -2.48. The van der Waals surface area contributed by atoms with E-state index in [2.05, 4.69) is 15.2 Å². The number of nitro groups is 1. The van der Waals surface area contributed by atoms with E-state index in [1.165, 1.54) is 18.6 Å². The lowest BCUT2D eigenvalue weighted by atomic mass is 10.1. The Morgan fingerprint density at radius 1 is 1.29 bits per heavy atom. The summed E-state index contributed by atoms with van der Waals surface area (Å²) in [6.45, 7) is 4.29. The van der Waals surface area contributed by atoms with E-state index in [-0.39, 0.29) is 11.6 Å². The summed E-state index contributed by atoms with van der Waals surface area (Å²) in [6.07, 6.45) is 6.04. The molecule has 0 bridgehead atoms. The van der Waals surface area contributed by atoms with Gasteiger partial charge in [0, 0.05) is 42.8 Å². The molecule has 1 saturated heterocycles. The number of benzene rings is 1. The van der Waals surface area contributed by atoms with Crippen molar-refractivity contribution in [2.75, 3.05) is 24.5 Å². The number of piperidine rings is 1. The Bertz CT molecular complexity index is 831. The third kappa shape index (κ3) is 5.28. The molecular weight excluding hydrogens is 376 g/mol. The molecule has 0 radical (unpaired) electrons. The van der Waals surface area contributed by atoms with Crippen molar-refractivity contribution in [3.05, 3.63) is 50.0 Å². The van der Waals surface area contributed by atoms with Crippen LogP contribution < -0.4 is 10.2 Å². The molecule has 0 aliphatic carbocycles. The number of rotatable bonds is 8. The number of nitrogens with zero attached hydrogens (tertiary/aromatic N) is 3. The average molecular weight is 403 g/mol. The number of hydrogen-bond donors (Lipinski definition) is 1. The number of carbonyl (C=O) groups is 1. The van der Waals surface area contributed by atoms with Crippen molar-refractivity contribution in [1.82, 2.24) is 10.3 Å². The van der Waals surface area contributed by atoms with Crippen LogP contribution in [0, 0.1) is 17.0 Å². The van der Waals surface area contributed by atoms with E-state index in [1.807, 2.05) is 12.3 Å². The molecule has 1 aliphatic rings. The fourth-order valence-electron chi connectivity index (χ4n) is 3.45. The maximum absolute atomic E-state index is 12.7. The van der Waals surface area contributed by atoms with Crippen LogP contribution in [0.1, 0.15) is 53.2 Å². The Kier molecular flexibility index (Phi) is 6.97. The first-order valence-electron chi connectivity index (χ1n) is 9.77. The lowest BCUT2D eigenvalue weighted by Crippen LogP contribution is -2.33. The van der Waals surface area contributed by atoms with Gasteiger partial charge < -0.3 is 10.2 Å². The number of nitro benzene ring substituents is 1. The minimum absolute atomic E-state index is 0.0509. The molecule has 28 heavy (non-hydrogen) atoms. The van der Waals surface area contributed by atoms with Crippen molar-refractivity contribution in [2.24, 2.45) is 0 Å². The second-order valence-electron chi connectivity index (χ2n) is 7.10. The minimum atomic E-state index is -0.452. The molecule has 0 spiro atoms. The van der Waals surface area contributed by atoms with Crippen molar-refractivity contribution in [3.63, 3.8) is 0 Å². The minimum Gasteiger partial charge on any atom is -0.371 e. The Labute approximate surface area is 168 Å². The summed E-state index contributed by atoms with van der Waals surface area (Å²) >= 11 is 1.66. The number of amides is 1. The summed E-state index contributed by atoms with van der Waals surface area (Å²) in [4.78, 5) is 30.1. The fourth-order valence-corrected chi connectivity index (χ4v) is 4.26. The van der Waals surface area contributed by atoms with E-state index in [9.17, 15) is 14.9 Å². The number of nitrogens with one attached hydrogen (secondary N) is 1. The van der Waals surface area contributed by atoms with Gasteiger partial charge in [0.1, 0.15) is 0 Å². The Morgan fingerprint density at radius 3 is 2.75 bits per heavy atom. The van der Waals surface area contributed by atoms with Crippen LogP contribution >= 0.6 is 11.3 Å².